The summed E-state index contributed by atoms with van der Waals surface area (Å²) in [5.74, 6) is -2.04. The van der Waals surface area contributed by atoms with Crippen molar-refractivity contribution in [1.82, 2.24) is 9.88 Å². The number of benzene rings is 3. The van der Waals surface area contributed by atoms with E-state index in [1.807, 2.05) is 0 Å². The third-order valence-corrected chi connectivity index (χ3v) is 12.1. The minimum Gasteiger partial charge on any atom is -0.448 e. The van der Waals surface area contributed by atoms with Gasteiger partial charge in [0.15, 0.2) is 15.7 Å². The number of pyridine rings is 1. The van der Waals surface area contributed by atoms with E-state index in [0.717, 1.165) is 4.90 Å². The molecule has 17 heteroatoms. The van der Waals surface area contributed by atoms with E-state index in [9.17, 15) is 36.4 Å². The number of ether oxygens (including phenoxy) is 3. The zero-order valence-corrected chi connectivity index (χ0v) is 35.5. The molecule has 3 heterocycles. The number of fused-ring (bicyclic) bond motifs is 10. The van der Waals surface area contributed by atoms with Crippen LogP contribution in [0.5, 0.6) is 0 Å². The quantitative estimate of drug-likeness (QED) is 0.177. The van der Waals surface area contributed by atoms with Crippen molar-refractivity contribution in [2.75, 3.05) is 29.2 Å². The highest BCUT2D eigenvalue weighted by molar-refractivity contribution is 7.92. The molecule has 60 heavy (non-hydrogen) atoms. The molecular weight excluding hydrogens is 801 g/mol. The minimum atomic E-state index is -3.77. The van der Waals surface area contributed by atoms with Crippen LogP contribution in [-0.4, -0.2) is 79.0 Å². The van der Waals surface area contributed by atoms with Crippen molar-refractivity contribution in [2.45, 2.75) is 108 Å². The largest absolute Gasteiger partial charge is 0.448 e. The molecule has 7 rings (SSSR count). The Labute approximate surface area is 347 Å². The summed E-state index contributed by atoms with van der Waals surface area (Å²) >= 11 is 0. The topological polar surface area (TPSA) is 174 Å². The molecule has 0 saturated heterocycles. The summed E-state index contributed by atoms with van der Waals surface area (Å²) in [4.78, 5) is 60.9. The second-order valence-corrected chi connectivity index (χ2v) is 19.2. The number of anilines is 3. The van der Waals surface area contributed by atoms with E-state index in [2.05, 4.69) is 15.6 Å². The molecule has 4 amide bonds. The van der Waals surface area contributed by atoms with Gasteiger partial charge in [-0.1, -0.05) is 18.2 Å². The molecule has 1 fully saturated rings. The molecule has 4 aromatic rings. The summed E-state index contributed by atoms with van der Waals surface area (Å²) in [6.07, 6.45) is -3.50. The summed E-state index contributed by atoms with van der Waals surface area (Å²) in [5.41, 5.74) is -0.0641. The number of aromatic nitrogens is 1. The van der Waals surface area contributed by atoms with Crippen LogP contribution in [0.1, 0.15) is 88.6 Å². The van der Waals surface area contributed by atoms with Crippen LogP contribution in [-0.2, 0) is 35.4 Å². The Morgan fingerprint density at radius 2 is 1.62 bits per heavy atom. The number of alkyl halides is 2. The predicted molar refractivity (Wildman–Crippen MR) is 221 cm³/mol. The molecule has 1 aromatic heterocycles. The fourth-order valence-electron chi connectivity index (χ4n) is 6.83. The number of amides is 4. The van der Waals surface area contributed by atoms with Gasteiger partial charge in [0, 0.05) is 36.6 Å². The molecule has 320 valence electrons. The number of likely N-dealkylation sites (N-methyl/N-ethyl adjacent to an activating group) is 1. The first-order valence-corrected chi connectivity index (χ1v) is 20.9. The van der Waals surface area contributed by atoms with Gasteiger partial charge in [-0.3, -0.25) is 10.1 Å². The summed E-state index contributed by atoms with van der Waals surface area (Å²) in [6.45, 7) is 10.7. The molecular formula is C43H49F2N5O9S. The average molecular weight is 850 g/mol. The molecule has 1 aliphatic carbocycles. The van der Waals surface area contributed by atoms with Crippen LogP contribution in [0.25, 0.3) is 10.8 Å². The fourth-order valence-corrected chi connectivity index (χ4v) is 8.69. The van der Waals surface area contributed by atoms with Crippen LogP contribution in [0.3, 0.4) is 0 Å². The van der Waals surface area contributed by atoms with Crippen molar-refractivity contribution in [1.29, 1.82) is 0 Å². The van der Waals surface area contributed by atoms with Gasteiger partial charge in [0.05, 0.1) is 16.1 Å². The Hall–Kier alpha value is -5.84. The zero-order chi connectivity index (χ0) is 43.9. The molecule has 0 spiro atoms. The first-order valence-electron chi connectivity index (χ1n) is 19.4. The second kappa shape index (κ2) is 16.7. The lowest BCUT2D eigenvalue weighted by atomic mass is 9.92. The maximum atomic E-state index is 14.6. The van der Waals surface area contributed by atoms with Crippen molar-refractivity contribution >= 4 is 62.0 Å². The number of nitrogens with zero attached hydrogens (tertiary/aromatic N) is 3. The lowest BCUT2D eigenvalue weighted by Gasteiger charge is -2.29. The number of sulfone groups is 1. The Morgan fingerprint density at radius 3 is 2.22 bits per heavy atom. The highest BCUT2D eigenvalue weighted by atomic mass is 32.2. The van der Waals surface area contributed by atoms with Crippen molar-refractivity contribution in [2.24, 2.45) is 0 Å². The number of carbonyl (C=O) groups is 4. The highest BCUT2D eigenvalue weighted by Gasteiger charge is 2.39. The number of halogens is 2. The van der Waals surface area contributed by atoms with Gasteiger partial charge in [0.25, 0.3) is 0 Å². The van der Waals surface area contributed by atoms with E-state index in [1.54, 1.807) is 84.9 Å². The number of aryl methyl sites for hydroxylation is 1. The molecule has 2 aliphatic heterocycles. The molecule has 2 N–H and O–H groups in total. The molecule has 3 aliphatic rings. The number of carbonyl (C=O) groups excluding carboxylic acids is 4. The van der Waals surface area contributed by atoms with Gasteiger partial charge in [0.2, 0.25) is 12.3 Å². The second-order valence-electron chi connectivity index (χ2n) is 17.0. The standard InChI is InChI=1S/C43H49F2N5O9S/c1-24-19-26-9-14-31(24)33(36(44)45)23-57-39(52)48-29-11-16-34(60(55,56)30-12-13-30)27(21-29)22-49(8)38(51)35(26)47-28-10-15-32-25(20-28)17-18-46-37(32)50(40(53)58-42(2,3)4)41(54)59-43(5,6)7/h9-11,14-21,30,33,35-36,47H,12-13,22-23H2,1-8H3,(H,48,52)/t33-,35+/m0/s1. The highest BCUT2D eigenvalue weighted by Crippen LogP contribution is 2.38. The Kier molecular flexibility index (Phi) is 12.1. The molecule has 0 radical (unpaired) electrons. The van der Waals surface area contributed by atoms with E-state index in [0.29, 0.717) is 40.4 Å². The van der Waals surface area contributed by atoms with Gasteiger partial charge >= 0.3 is 18.3 Å². The van der Waals surface area contributed by atoms with Gasteiger partial charge in [0.1, 0.15) is 23.9 Å². The van der Waals surface area contributed by atoms with Crippen LogP contribution in [0, 0.1) is 6.92 Å². The summed E-state index contributed by atoms with van der Waals surface area (Å²) in [7, 11) is -2.26. The Morgan fingerprint density at radius 1 is 0.950 bits per heavy atom. The van der Waals surface area contributed by atoms with Crippen LogP contribution in [0.15, 0.2) is 71.8 Å². The Balaban J connectivity index is 1.43. The van der Waals surface area contributed by atoms with E-state index in [1.165, 1.54) is 42.4 Å². The summed E-state index contributed by atoms with van der Waals surface area (Å²) in [6, 6.07) is 14.2. The minimum absolute atomic E-state index is 0.0119. The van der Waals surface area contributed by atoms with Gasteiger partial charge in [-0.15, -0.1) is 0 Å². The number of nitrogens with one attached hydrogen (secondary N) is 2. The van der Waals surface area contributed by atoms with Crippen LogP contribution >= 0.6 is 0 Å². The van der Waals surface area contributed by atoms with Crippen molar-refractivity contribution in [3.05, 3.63) is 89.1 Å². The van der Waals surface area contributed by atoms with Crippen LogP contribution < -0.4 is 15.5 Å². The molecule has 2 atom stereocenters. The van der Waals surface area contributed by atoms with Crippen LogP contribution in [0.2, 0.25) is 0 Å². The third-order valence-electron chi connectivity index (χ3n) is 9.75. The monoisotopic (exact) mass is 849 g/mol. The van der Waals surface area contributed by atoms with E-state index in [-0.39, 0.29) is 34.1 Å². The number of hydrogen-bond acceptors (Lipinski definition) is 11. The number of hydrogen-bond donors (Lipinski definition) is 2. The maximum Gasteiger partial charge on any atom is 0.425 e. The third kappa shape index (κ3) is 9.95. The Bertz CT molecular complexity index is 2420. The van der Waals surface area contributed by atoms with E-state index >= 15 is 0 Å². The average Bonchev–Trinajstić information content (AvgIpc) is 3.99. The molecule has 3 aromatic carbocycles. The van der Waals surface area contributed by atoms with Gasteiger partial charge in [-0.2, -0.15) is 4.90 Å². The van der Waals surface area contributed by atoms with Crippen LogP contribution in [0.4, 0.5) is 40.4 Å². The van der Waals surface area contributed by atoms with Gasteiger partial charge in [-0.05, 0) is 131 Å². The van der Waals surface area contributed by atoms with Crippen molar-refractivity contribution in [3.8, 4) is 0 Å². The molecule has 14 nitrogen and oxygen atoms in total. The normalized spacial score (nSPS) is 17.9. The molecule has 0 unspecified atom stereocenters. The van der Waals surface area contributed by atoms with Gasteiger partial charge in [-0.25, -0.2) is 36.6 Å². The lowest BCUT2D eigenvalue weighted by molar-refractivity contribution is -0.131. The SMILES string of the molecule is Cc1cc2ccc1[C@@H](C(F)F)COC(=O)Nc1ccc(S(=O)(=O)C3CC3)c(c1)CN(C)C(=O)[C@@H]2Nc1ccc2c(N(C(=O)OC(C)(C)C)C(=O)OC(C)(C)C)nccc2c1. The first-order chi connectivity index (χ1) is 28.0. The van der Waals surface area contributed by atoms with E-state index < -0.39 is 75.5 Å². The number of rotatable bonds is 6. The zero-order valence-electron chi connectivity index (χ0n) is 34.7. The maximum absolute atomic E-state index is 14.6. The fraction of sp³-hybridized carbons (Fsp3) is 0.419. The molecule has 1 saturated carbocycles. The molecule has 4 bridgehead atoms. The van der Waals surface area contributed by atoms with Gasteiger partial charge < -0.3 is 24.4 Å². The van der Waals surface area contributed by atoms with E-state index in [4.69, 9.17) is 14.2 Å². The predicted octanol–water partition coefficient (Wildman–Crippen LogP) is 8.88. The summed E-state index contributed by atoms with van der Waals surface area (Å²) < 4.78 is 72.5. The van der Waals surface area contributed by atoms with Crippen molar-refractivity contribution in [3.63, 3.8) is 0 Å². The first kappa shape index (κ1) is 43.7. The summed E-state index contributed by atoms with van der Waals surface area (Å²) in [5, 5.41) is 6.10. The van der Waals surface area contributed by atoms with Crippen molar-refractivity contribution < 1.29 is 50.6 Å². The smallest absolute Gasteiger partial charge is 0.425 e. The number of imide groups is 1. The lowest BCUT2D eigenvalue weighted by Crippen LogP contribution is -2.44.